The largest absolute Gasteiger partial charge is 0.370 e. The first-order valence-corrected chi connectivity index (χ1v) is 7.37. The molecule has 0 saturated carbocycles. The molecule has 0 aromatic carbocycles. The lowest BCUT2D eigenvalue weighted by Crippen LogP contribution is -2.06. The minimum atomic E-state index is 0.785. The van der Waals surface area contributed by atoms with E-state index < -0.39 is 0 Å². The van der Waals surface area contributed by atoms with Crippen LogP contribution in [-0.4, -0.2) is 21.3 Å². The third-order valence-electron chi connectivity index (χ3n) is 3.60. The minimum absolute atomic E-state index is 0.785. The molecule has 0 atom stereocenters. The van der Waals surface area contributed by atoms with Crippen LogP contribution in [0.2, 0.25) is 0 Å². The van der Waals surface area contributed by atoms with E-state index >= 15 is 0 Å². The van der Waals surface area contributed by atoms with Crippen molar-refractivity contribution in [3.63, 3.8) is 0 Å². The minimum Gasteiger partial charge on any atom is -0.370 e. The van der Waals surface area contributed by atoms with E-state index in [1.54, 1.807) is 0 Å². The monoisotopic (exact) mass is 272 g/mol. The summed E-state index contributed by atoms with van der Waals surface area (Å²) in [5, 5.41) is 7.91. The van der Waals surface area contributed by atoms with Gasteiger partial charge in [0.1, 0.15) is 5.82 Å². The van der Waals surface area contributed by atoms with E-state index in [-0.39, 0.29) is 0 Å². The first-order chi connectivity index (χ1) is 9.65. The van der Waals surface area contributed by atoms with Crippen LogP contribution in [0, 0.1) is 13.8 Å². The summed E-state index contributed by atoms with van der Waals surface area (Å²) in [6.07, 6.45) is 4.07. The summed E-state index contributed by atoms with van der Waals surface area (Å²) in [7, 11) is 0. The molecule has 0 unspecified atom stereocenters. The number of aryl methyl sites for hydroxylation is 1. The van der Waals surface area contributed by atoms with Crippen molar-refractivity contribution in [3.8, 4) is 0 Å². The molecule has 2 aromatic rings. The van der Waals surface area contributed by atoms with Crippen LogP contribution in [0.5, 0.6) is 0 Å². The summed E-state index contributed by atoms with van der Waals surface area (Å²) in [5.41, 5.74) is 4.94. The number of pyridine rings is 1. The van der Waals surface area contributed by atoms with Gasteiger partial charge in [0.25, 0.3) is 0 Å². The highest BCUT2D eigenvalue weighted by atomic mass is 15.3. The SMILES string of the molecule is CCCNc1ccc(Cn2nc(C)c(CC)c2C)cn1. The van der Waals surface area contributed by atoms with E-state index in [0.717, 1.165) is 37.4 Å². The van der Waals surface area contributed by atoms with E-state index in [9.17, 15) is 0 Å². The van der Waals surface area contributed by atoms with Gasteiger partial charge in [-0.05, 0) is 43.9 Å². The van der Waals surface area contributed by atoms with Crippen molar-refractivity contribution in [1.29, 1.82) is 0 Å². The predicted molar refractivity (Wildman–Crippen MR) is 83.2 cm³/mol. The van der Waals surface area contributed by atoms with Crippen LogP contribution in [0.1, 0.15) is 42.8 Å². The molecule has 4 heteroatoms. The van der Waals surface area contributed by atoms with Crippen molar-refractivity contribution >= 4 is 5.82 Å². The Bertz CT molecular complexity index is 555. The summed E-state index contributed by atoms with van der Waals surface area (Å²) in [6.45, 7) is 10.3. The van der Waals surface area contributed by atoms with Crippen molar-refractivity contribution in [1.82, 2.24) is 14.8 Å². The number of hydrogen-bond donors (Lipinski definition) is 1. The Labute approximate surface area is 121 Å². The molecule has 0 radical (unpaired) electrons. The zero-order valence-electron chi connectivity index (χ0n) is 12.9. The van der Waals surface area contributed by atoms with Crippen molar-refractivity contribution in [2.45, 2.75) is 47.1 Å². The van der Waals surface area contributed by atoms with Gasteiger partial charge in [0.15, 0.2) is 0 Å². The summed E-state index contributed by atoms with van der Waals surface area (Å²) in [4.78, 5) is 4.44. The molecule has 2 rings (SSSR count). The van der Waals surface area contributed by atoms with E-state index in [1.165, 1.54) is 16.8 Å². The first-order valence-electron chi connectivity index (χ1n) is 7.37. The molecule has 1 N–H and O–H groups in total. The van der Waals surface area contributed by atoms with E-state index in [0.29, 0.717) is 0 Å². The average Bonchev–Trinajstić information content (AvgIpc) is 2.72. The lowest BCUT2D eigenvalue weighted by molar-refractivity contribution is 0.656. The van der Waals surface area contributed by atoms with Crippen molar-refractivity contribution in [3.05, 3.63) is 40.8 Å². The highest BCUT2D eigenvalue weighted by molar-refractivity contribution is 5.35. The molecule has 2 aromatic heterocycles. The second-order valence-corrected chi connectivity index (χ2v) is 5.14. The van der Waals surface area contributed by atoms with Crippen LogP contribution >= 0.6 is 0 Å². The molecule has 108 valence electrons. The average molecular weight is 272 g/mol. The Morgan fingerprint density at radius 2 is 2.00 bits per heavy atom. The van der Waals surface area contributed by atoms with Gasteiger partial charge in [-0.15, -0.1) is 0 Å². The van der Waals surface area contributed by atoms with Gasteiger partial charge in [0.05, 0.1) is 12.2 Å². The number of nitrogens with one attached hydrogen (secondary N) is 1. The summed E-state index contributed by atoms with van der Waals surface area (Å²) in [6, 6.07) is 4.16. The summed E-state index contributed by atoms with van der Waals surface area (Å²) >= 11 is 0. The maximum absolute atomic E-state index is 4.62. The number of aromatic nitrogens is 3. The van der Waals surface area contributed by atoms with Crippen LogP contribution in [0.4, 0.5) is 5.82 Å². The fourth-order valence-electron chi connectivity index (χ4n) is 2.45. The fraction of sp³-hybridized carbons (Fsp3) is 0.500. The van der Waals surface area contributed by atoms with Crippen LogP contribution < -0.4 is 5.32 Å². The maximum Gasteiger partial charge on any atom is 0.125 e. The van der Waals surface area contributed by atoms with Crippen LogP contribution in [0.25, 0.3) is 0 Å². The van der Waals surface area contributed by atoms with Gasteiger partial charge in [-0.3, -0.25) is 4.68 Å². The zero-order valence-corrected chi connectivity index (χ0v) is 12.9. The predicted octanol–water partition coefficient (Wildman–Crippen LogP) is 3.33. The van der Waals surface area contributed by atoms with Crippen LogP contribution in [0.15, 0.2) is 18.3 Å². The molecule has 20 heavy (non-hydrogen) atoms. The summed E-state index contributed by atoms with van der Waals surface area (Å²) < 4.78 is 2.07. The highest BCUT2D eigenvalue weighted by Gasteiger charge is 2.09. The maximum atomic E-state index is 4.62. The lowest BCUT2D eigenvalue weighted by Gasteiger charge is -2.07. The van der Waals surface area contributed by atoms with E-state index in [2.05, 4.69) is 53.8 Å². The third kappa shape index (κ3) is 3.18. The quantitative estimate of drug-likeness (QED) is 0.877. The second kappa shape index (κ2) is 6.55. The Balaban J connectivity index is 2.10. The molecule has 0 amide bonds. The van der Waals surface area contributed by atoms with Gasteiger partial charge in [-0.25, -0.2) is 4.98 Å². The van der Waals surface area contributed by atoms with Crippen molar-refractivity contribution < 1.29 is 0 Å². The number of anilines is 1. The van der Waals surface area contributed by atoms with E-state index in [1.807, 2.05) is 12.3 Å². The number of hydrogen-bond acceptors (Lipinski definition) is 3. The third-order valence-corrected chi connectivity index (χ3v) is 3.60. The normalized spacial score (nSPS) is 10.8. The molecular weight excluding hydrogens is 248 g/mol. The molecular formula is C16H24N4. The molecule has 4 nitrogen and oxygen atoms in total. The zero-order chi connectivity index (χ0) is 14.5. The molecule has 0 fully saturated rings. The van der Waals surface area contributed by atoms with Gasteiger partial charge in [0.2, 0.25) is 0 Å². The van der Waals surface area contributed by atoms with Crippen molar-refractivity contribution in [2.24, 2.45) is 0 Å². The van der Waals surface area contributed by atoms with Gasteiger partial charge < -0.3 is 5.32 Å². The van der Waals surface area contributed by atoms with Gasteiger partial charge in [-0.2, -0.15) is 5.10 Å². The Morgan fingerprint density at radius 1 is 1.20 bits per heavy atom. The molecule has 0 aliphatic rings. The Morgan fingerprint density at radius 3 is 2.55 bits per heavy atom. The van der Waals surface area contributed by atoms with Crippen molar-refractivity contribution in [2.75, 3.05) is 11.9 Å². The Kier molecular flexibility index (Phi) is 4.77. The molecule has 0 aliphatic heterocycles. The lowest BCUT2D eigenvalue weighted by atomic mass is 10.1. The first kappa shape index (κ1) is 14.6. The van der Waals surface area contributed by atoms with Gasteiger partial charge in [0, 0.05) is 18.4 Å². The number of nitrogens with zero attached hydrogens (tertiary/aromatic N) is 3. The molecule has 2 heterocycles. The topological polar surface area (TPSA) is 42.7 Å². The van der Waals surface area contributed by atoms with Gasteiger partial charge in [-0.1, -0.05) is 19.9 Å². The van der Waals surface area contributed by atoms with Crippen LogP contribution in [-0.2, 0) is 13.0 Å². The second-order valence-electron chi connectivity index (χ2n) is 5.14. The summed E-state index contributed by atoms with van der Waals surface area (Å²) in [5.74, 6) is 0.943. The molecule has 0 spiro atoms. The fourth-order valence-corrected chi connectivity index (χ4v) is 2.45. The van der Waals surface area contributed by atoms with Gasteiger partial charge >= 0.3 is 0 Å². The molecule has 0 bridgehead atoms. The molecule has 0 saturated heterocycles. The van der Waals surface area contributed by atoms with E-state index in [4.69, 9.17) is 0 Å². The number of rotatable bonds is 6. The molecule has 0 aliphatic carbocycles. The Hall–Kier alpha value is -1.84. The smallest absolute Gasteiger partial charge is 0.125 e. The highest BCUT2D eigenvalue weighted by Crippen LogP contribution is 2.15. The van der Waals surface area contributed by atoms with Crippen LogP contribution in [0.3, 0.4) is 0 Å². The standard InChI is InChI=1S/C16H24N4/c1-5-9-17-16-8-7-14(10-18-16)11-20-13(4)15(6-2)12(3)19-20/h7-8,10H,5-6,9,11H2,1-4H3,(H,17,18).